The molecule has 0 radical (unpaired) electrons. The van der Waals surface area contributed by atoms with Crippen molar-refractivity contribution < 1.29 is 9.84 Å². The Hall–Kier alpha value is -3.17. The number of morpholine rings is 1. The number of nitrogens with one attached hydrogen (secondary N) is 1. The van der Waals surface area contributed by atoms with E-state index in [2.05, 4.69) is 30.8 Å². The molecule has 1 aromatic heterocycles. The van der Waals surface area contributed by atoms with Crippen LogP contribution in [-0.4, -0.2) is 47.2 Å². The average Bonchev–Trinajstić information content (AvgIpc) is 2.78. The van der Waals surface area contributed by atoms with Crippen LogP contribution < -0.4 is 16.1 Å². The molecular weight excluding hydrogens is 464 g/mol. The number of aromatic amines is 1. The number of hydrogen-bond donors (Lipinski definition) is 2. The van der Waals surface area contributed by atoms with Crippen molar-refractivity contribution >= 4 is 33.5 Å². The van der Waals surface area contributed by atoms with Gasteiger partial charge < -0.3 is 14.7 Å². The lowest BCUT2D eigenvalue weighted by molar-refractivity contribution is 0.122. The maximum atomic E-state index is 12.3. The van der Waals surface area contributed by atoms with Gasteiger partial charge in [0.2, 0.25) is 5.88 Å². The van der Waals surface area contributed by atoms with Crippen LogP contribution in [0.2, 0.25) is 0 Å². The van der Waals surface area contributed by atoms with Gasteiger partial charge in [-0.15, -0.1) is 0 Å². The number of ether oxygens (including phenoxy) is 1. The molecule has 31 heavy (non-hydrogen) atoms. The zero-order valence-electron chi connectivity index (χ0n) is 16.6. The second-order valence-corrected chi connectivity index (χ2v) is 7.92. The second kappa shape index (κ2) is 9.32. The molecule has 1 aliphatic rings. The molecule has 0 bridgehead atoms. The number of hydrogen-bond acceptors (Lipinski definition) is 6. The quantitative estimate of drug-likeness (QED) is 0.542. The van der Waals surface area contributed by atoms with E-state index in [0.29, 0.717) is 18.9 Å². The van der Waals surface area contributed by atoms with Crippen molar-refractivity contribution in [2.45, 2.75) is 6.54 Å². The third-order valence-corrected chi connectivity index (χ3v) is 5.65. The molecule has 8 nitrogen and oxygen atoms in total. The maximum absolute atomic E-state index is 12.3. The third-order valence-electron chi connectivity index (χ3n) is 5.02. The molecule has 0 spiro atoms. The van der Waals surface area contributed by atoms with Gasteiger partial charge in [0.05, 0.1) is 31.1 Å². The number of halogens is 1. The van der Waals surface area contributed by atoms with Gasteiger partial charge in [-0.3, -0.25) is 19.3 Å². The number of rotatable bonds is 5. The molecule has 2 heterocycles. The zero-order chi connectivity index (χ0) is 21.8. The summed E-state index contributed by atoms with van der Waals surface area (Å²) in [6.45, 7) is 3.13. The molecule has 0 aliphatic carbocycles. The lowest BCUT2D eigenvalue weighted by Gasteiger charge is -2.29. The average molecular weight is 485 g/mol. The number of benzene rings is 2. The molecule has 1 saturated heterocycles. The van der Waals surface area contributed by atoms with Gasteiger partial charge in [0.15, 0.2) is 0 Å². The molecular formula is C22H21BrN4O4. The molecule has 3 aromatic rings. The smallest absolute Gasteiger partial charge is 0.331 e. The first-order valence-electron chi connectivity index (χ1n) is 9.79. The fourth-order valence-electron chi connectivity index (χ4n) is 3.38. The van der Waals surface area contributed by atoms with Crippen LogP contribution in [0.4, 0.5) is 11.4 Å². The summed E-state index contributed by atoms with van der Waals surface area (Å²) in [6, 6.07) is 14.8. The van der Waals surface area contributed by atoms with E-state index in [1.54, 1.807) is 0 Å². The fourth-order valence-corrected chi connectivity index (χ4v) is 4.00. The van der Waals surface area contributed by atoms with Crippen LogP contribution in [0, 0.1) is 0 Å². The first-order chi connectivity index (χ1) is 15.0. The van der Waals surface area contributed by atoms with E-state index in [4.69, 9.17) is 4.74 Å². The summed E-state index contributed by atoms with van der Waals surface area (Å²) in [4.78, 5) is 33.3. The predicted octanol–water partition coefficient (Wildman–Crippen LogP) is 2.64. The van der Waals surface area contributed by atoms with Crippen LogP contribution >= 0.6 is 15.9 Å². The first kappa shape index (κ1) is 21.1. The van der Waals surface area contributed by atoms with Crippen LogP contribution in [0.1, 0.15) is 11.1 Å². The van der Waals surface area contributed by atoms with Crippen molar-refractivity contribution in [3.8, 4) is 5.88 Å². The highest BCUT2D eigenvalue weighted by molar-refractivity contribution is 9.10. The minimum Gasteiger partial charge on any atom is -0.494 e. The van der Waals surface area contributed by atoms with Gasteiger partial charge in [-0.05, 0) is 39.7 Å². The molecule has 160 valence electrons. The number of H-pyrrole nitrogens is 1. The fraction of sp³-hybridized carbons (Fsp3) is 0.227. The van der Waals surface area contributed by atoms with E-state index in [-0.39, 0.29) is 12.1 Å². The van der Waals surface area contributed by atoms with E-state index in [9.17, 15) is 14.7 Å². The topological polar surface area (TPSA) is 99.9 Å². The second-order valence-electron chi connectivity index (χ2n) is 7.06. The molecule has 0 unspecified atom stereocenters. The van der Waals surface area contributed by atoms with Crippen LogP contribution in [0.5, 0.6) is 5.88 Å². The Labute approximate surface area is 186 Å². The highest BCUT2D eigenvalue weighted by atomic mass is 79.9. The van der Waals surface area contributed by atoms with Crippen LogP contribution in [0.15, 0.2) is 67.6 Å². The van der Waals surface area contributed by atoms with Crippen LogP contribution in [-0.2, 0) is 11.3 Å². The molecule has 4 rings (SSSR count). The van der Waals surface area contributed by atoms with Crippen molar-refractivity contribution in [2.24, 2.45) is 4.99 Å². The van der Waals surface area contributed by atoms with Gasteiger partial charge >= 0.3 is 5.69 Å². The van der Waals surface area contributed by atoms with Gasteiger partial charge in [-0.1, -0.05) is 30.3 Å². The molecule has 1 aliphatic heterocycles. The van der Waals surface area contributed by atoms with Gasteiger partial charge in [0.1, 0.15) is 5.56 Å². The van der Waals surface area contributed by atoms with E-state index in [0.717, 1.165) is 33.4 Å². The Morgan fingerprint density at radius 1 is 1.13 bits per heavy atom. The van der Waals surface area contributed by atoms with Crippen molar-refractivity contribution in [1.82, 2.24) is 9.55 Å². The molecule has 9 heteroatoms. The lowest BCUT2D eigenvalue weighted by Crippen LogP contribution is -2.36. The summed E-state index contributed by atoms with van der Waals surface area (Å²) >= 11 is 3.58. The number of nitrogens with zero attached hydrogens (tertiary/aromatic N) is 3. The third kappa shape index (κ3) is 4.78. The molecule has 0 atom stereocenters. The molecule has 1 fully saturated rings. The Balaban J connectivity index is 1.61. The number of aromatic hydroxyl groups is 1. The van der Waals surface area contributed by atoms with E-state index >= 15 is 0 Å². The Morgan fingerprint density at radius 3 is 2.58 bits per heavy atom. The molecule has 0 amide bonds. The normalized spacial score (nSPS) is 14.3. The van der Waals surface area contributed by atoms with E-state index in [1.807, 2.05) is 48.5 Å². The monoisotopic (exact) mass is 484 g/mol. The van der Waals surface area contributed by atoms with E-state index < -0.39 is 17.1 Å². The van der Waals surface area contributed by atoms with E-state index in [1.165, 1.54) is 6.21 Å². The van der Waals surface area contributed by atoms with Gasteiger partial charge in [-0.2, -0.15) is 0 Å². The summed E-state index contributed by atoms with van der Waals surface area (Å²) in [6.07, 6.45) is 1.27. The first-order valence-corrected chi connectivity index (χ1v) is 10.6. The zero-order valence-corrected chi connectivity index (χ0v) is 18.2. The van der Waals surface area contributed by atoms with Crippen LogP contribution in [0.3, 0.4) is 0 Å². The lowest BCUT2D eigenvalue weighted by atomic mass is 10.2. The number of aromatic nitrogens is 2. The number of aliphatic imine (C=N–C) groups is 1. The Kier molecular flexibility index (Phi) is 6.34. The highest BCUT2D eigenvalue weighted by Gasteiger charge is 2.15. The summed E-state index contributed by atoms with van der Waals surface area (Å²) in [7, 11) is 0. The summed E-state index contributed by atoms with van der Waals surface area (Å²) in [5.74, 6) is -0.426. The van der Waals surface area contributed by atoms with Crippen LogP contribution in [0.25, 0.3) is 0 Å². The summed E-state index contributed by atoms with van der Waals surface area (Å²) in [5.41, 5.74) is 1.00. The standard InChI is InChI=1S/C22H21BrN4O4/c23-18-12-16(6-7-19(18)26-8-10-31-11-9-26)24-13-17-20(28)25-22(30)27(21(17)29)14-15-4-2-1-3-5-15/h1-7,12-13,29H,8-11,14H2,(H,25,28,30). The Bertz CT molecular complexity index is 1210. The Morgan fingerprint density at radius 2 is 1.87 bits per heavy atom. The highest BCUT2D eigenvalue weighted by Crippen LogP contribution is 2.31. The van der Waals surface area contributed by atoms with Gasteiger partial charge in [0, 0.05) is 23.8 Å². The number of anilines is 1. The minimum atomic E-state index is -0.695. The molecule has 2 N–H and O–H groups in total. The van der Waals surface area contributed by atoms with Crippen molar-refractivity contribution in [1.29, 1.82) is 0 Å². The van der Waals surface area contributed by atoms with Crippen molar-refractivity contribution in [3.05, 3.63) is 85.0 Å². The SMILES string of the molecule is O=c1[nH]c(=O)n(Cc2ccccc2)c(O)c1C=Nc1ccc(N2CCOCC2)c(Br)c1. The van der Waals surface area contributed by atoms with Crippen molar-refractivity contribution in [2.75, 3.05) is 31.2 Å². The van der Waals surface area contributed by atoms with Gasteiger partial charge in [0.25, 0.3) is 5.56 Å². The predicted molar refractivity (Wildman–Crippen MR) is 123 cm³/mol. The van der Waals surface area contributed by atoms with Crippen molar-refractivity contribution in [3.63, 3.8) is 0 Å². The maximum Gasteiger partial charge on any atom is 0.331 e. The van der Waals surface area contributed by atoms with Gasteiger partial charge in [-0.25, -0.2) is 4.79 Å². The summed E-state index contributed by atoms with van der Waals surface area (Å²) < 4.78 is 7.37. The molecule has 0 saturated carbocycles. The largest absolute Gasteiger partial charge is 0.494 e. The minimum absolute atomic E-state index is 0.0797. The summed E-state index contributed by atoms with van der Waals surface area (Å²) in [5, 5.41) is 10.6. The molecule has 2 aromatic carbocycles.